The van der Waals surface area contributed by atoms with E-state index >= 15 is 0 Å². The maximum absolute atomic E-state index is 9.83. The first-order chi connectivity index (χ1) is 8.99. The molecule has 1 N–H and O–H groups in total. The number of likely N-dealkylation sites (tertiary alicyclic amines) is 2. The van der Waals surface area contributed by atoms with Gasteiger partial charge in [-0.05, 0) is 58.8 Å². The van der Waals surface area contributed by atoms with E-state index < -0.39 is 0 Å². The highest BCUT2D eigenvalue weighted by Gasteiger charge is 2.30. The zero-order chi connectivity index (χ0) is 13.9. The summed E-state index contributed by atoms with van der Waals surface area (Å²) in [5.41, 5.74) is 0.0119. The van der Waals surface area contributed by atoms with Crippen LogP contribution in [0.5, 0.6) is 0 Å². The van der Waals surface area contributed by atoms with Crippen LogP contribution in [0.2, 0.25) is 0 Å². The zero-order valence-corrected chi connectivity index (χ0v) is 13.1. The van der Waals surface area contributed by atoms with Crippen molar-refractivity contribution in [3.63, 3.8) is 0 Å². The number of piperidine rings is 2. The summed E-state index contributed by atoms with van der Waals surface area (Å²) in [6.45, 7) is 12.4. The van der Waals surface area contributed by atoms with Crippen molar-refractivity contribution in [3.8, 4) is 0 Å². The van der Waals surface area contributed by atoms with E-state index in [2.05, 4.69) is 23.6 Å². The molecular weight excluding hydrogens is 236 g/mol. The fourth-order valence-electron chi connectivity index (χ4n) is 3.43. The SMILES string of the molecule is CC(O)C(C)(C)CN1CCC(N2CCCCC2)CC1. The Kier molecular flexibility index (Phi) is 5.27. The molecule has 2 fully saturated rings. The van der Waals surface area contributed by atoms with Crippen molar-refractivity contribution in [2.24, 2.45) is 5.41 Å². The molecule has 112 valence electrons. The topological polar surface area (TPSA) is 26.7 Å². The molecule has 0 aromatic heterocycles. The van der Waals surface area contributed by atoms with E-state index in [0.717, 1.165) is 12.6 Å². The number of hydrogen-bond donors (Lipinski definition) is 1. The molecule has 1 atom stereocenters. The van der Waals surface area contributed by atoms with E-state index in [1.54, 1.807) is 0 Å². The maximum atomic E-state index is 9.83. The highest BCUT2D eigenvalue weighted by atomic mass is 16.3. The average molecular weight is 268 g/mol. The van der Waals surface area contributed by atoms with Crippen molar-refractivity contribution < 1.29 is 5.11 Å². The molecule has 2 aliphatic rings. The molecule has 3 heteroatoms. The Morgan fingerprint density at radius 3 is 2.16 bits per heavy atom. The molecule has 0 bridgehead atoms. The van der Waals surface area contributed by atoms with Gasteiger partial charge in [-0.15, -0.1) is 0 Å². The molecule has 1 unspecified atom stereocenters. The summed E-state index contributed by atoms with van der Waals surface area (Å²) in [6, 6.07) is 0.825. The smallest absolute Gasteiger partial charge is 0.0575 e. The molecule has 0 aliphatic carbocycles. The normalized spacial score (nSPS) is 26.5. The highest BCUT2D eigenvalue weighted by Crippen LogP contribution is 2.26. The van der Waals surface area contributed by atoms with Gasteiger partial charge in [-0.1, -0.05) is 20.3 Å². The van der Waals surface area contributed by atoms with Crippen LogP contribution >= 0.6 is 0 Å². The van der Waals surface area contributed by atoms with Crippen LogP contribution in [0.3, 0.4) is 0 Å². The van der Waals surface area contributed by atoms with Crippen molar-refractivity contribution in [2.45, 2.75) is 65.0 Å². The molecule has 0 amide bonds. The Morgan fingerprint density at radius 1 is 1.05 bits per heavy atom. The minimum atomic E-state index is -0.229. The second-order valence-electron chi connectivity index (χ2n) is 7.27. The van der Waals surface area contributed by atoms with Crippen molar-refractivity contribution in [3.05, 3.63) is 0 Å². The van der Waals surface area contributed by atoms with Crippen LogP contribution in [-0.2, 0) is 0 Å². The zero-order valence-electron chi connectivity index (χ0n) is 13.1. The summed E-state index contributed by atoms with van der Waals surface area (Å²) < 4.78 is 0. The molecule has 0 spiro atoms. The Balaban J connectivity index is 1.76. The Bertz CT molecular complexity index is 264. The number of nitrogens with zero attached hydrogens (tertiary/aromatic N) is 2. The average Bonchev–Trinajstić information content (AvgIpc) is 2.40. The largest absolute Gasteiger partial charge is 0.393 e. The second-order valence-corrected chi connectivity index (χ2v) is 7.27. The van der Waals surface area contributed by atoms with E-state index in [9.17, 15) is 5.11 Å². The van der Waals surface area contributed by atoms with Gasteiger partial charge in [-0.3, -0.25) is 0 Å². The van der Waals surface area contributed by atoms with E-state index in [0.29, 0.717) is 0 Å². The molecule has 2 saturated heterocycles. The van der Waals surface area contributed by atoms with Gasteiger partial charge in [-0.25, -0.2) is 0 Å². The fraction of sp³-hybridized carbons (Fsp3) is 1.00. The van der Waals surface area contributed by atoms with E-state index in [1.807, 2.05) is 6.92 Å². The summed E-state index contributed by atoms with van der Waals surface area (Å²) >= 11 is 0. The molecule has 0 aromatic rings. The van der Waals surface area contributed by atoms with Crippen molar-refractivity contribution in [1.82, 2.24) is 9.80 Å². The van der Waals surface area contributed by atoms with Crippen LogP contribution in [0.1, 0.15) is 52.9 Å². The molecule has 0 saturated carbocycles. The molecule has 0 radical (unpaired) electrons. The van der Waals surface area contributed by atoms with Gasteiger partial charge in [0, 0.05) is 18.0 Å². The number of rotatable bonds is 4. The molecule has 0 aromatic carbocycles. The third-order valence-corrected chi connectivity index (χ3v) is 5.23. The molecular formula is C16H32N2O. The second kappa shape index (κ2) is 6.55. The lowest BCUT2D eigenvalue weighted by atomic mass is 9.86. The first-order valence-corrected chi connectivity index (χ1v) is 8.13. The summed E-state index contributed by atoms with van der Waals surface area (Å²) in [5, 5.41) is 9.83. The Labute approximate surface area is 119 Å². The molecule has 19 heavy (non-hydrogen) atoms. The third kappa shape index (κ3) is 4.17. The van der Waals surface area contributed by atoms with Crippen LogP contribution in [-0.4, -0.2) is 59.8 Å². The van der Waals surface area contributed by atoms with Crippen LogP contribution in [0.4, 0.5) is 0 Å². The highest BCUT2D eigenvalue weighted by molar-refractivity contribution is 4.85. The number of aliphatic hydroxyl groups is 1. The van der Waals surface area contributed by atoms with Gasteiger partial charge in [0.25, 0.3) is 0 Å². The van der Waals surface area contributed by atoms with Gasteiger partial charge in [0.15, 0.2) is 0 Å². The molecule has 2 heterocycles. The quantitative estimate of drug-likeness (QED) is 0.848. The molecule has 2 aliphatic heterocycles. The summed E-state index contributed by atoms with van der Waals surface area (Å²) in [6.07, 6.45) is 6.63. The standard InChI is InChI=1S/C16H32N2O/c1-14(19)16(2,3)13-17-11-7-15(8-12-17)18-9-5-4-6-10-18/h14-15,19H,4-13H2,1-3H3. The predicted octanol–water partition coefficient (Wildman–Crippen LogP) is 2.34. The first-order valence-electron chi connectivity index (χ1n) is 8.13. The molecule has 2 rings (SSSR count). The van der Waals surface area contributed by atoms with Gasteiger partial charge in [-0.2, -0.15) is 0 Å². The maximum Gasteiger partial charge on any atom is 0.0575 e. The van der Waals surface area contributed by atoms with Crippen LogP contribution in [0.25, 0.3) is 0 Å². The lowest BCUT2D eigenvalue weighted by Gasteiger charge is -2.42. The third-order valence-electron chi connectivity index (χ3n) is 5.23. The minimum Gasteiger partial charge on any atom is -0.393 e. The summed E-state index contributed by atoms with van der Waals surface area (Å²) in [7, 11) is 0. The van der Waals surface area contributed by atoms with E-state index in [4.69, 9.17) is 0 Å². The Morgan fingerprint density at radius 2 is 1.63 bits per heavy atom. The van der Waals surface area contributed by atoms with Crippen LogP contribution < -0.4 is 0 Å². The predicted molar refractivity (Wildman–Crippen MR) is 80.3 cm³/mol. The van der Waals surface area contributed by atoms with Gasteiger partial charge in [0.05, 0.1) is 6.10 Å². The van der Waals surface area contributed by atoms with Crippen molar-refractivity contribution >= 4 is 0 Å². The van der Waals surface area contributed by atoms with Crippen LogP contribution in [0, 0.1) is 5.41 Å². The van der Waals surface area contributed by atoms with Gasteiger partial charge >= 0.3 is 0 Å². The van der Waals surface area contributed by atoms with Crippen LogP contribution in [0.15, 0.2) is 0 Å². The van der Waals surface area contributed by atoms with Gasteiger partial charge in [0.2, 0.25) is 0 Å². The van der Waals surface area contributed by atoms with Gasteiger partial charge in [0.1, 0.15) is 0 Å². The van der Waals surface area contributed by atoms with Crippen molar-refractivity contribution in [2.75, 3.05) is 32.7 Å². The van der Waals surface area contributed by atoms with E-state index in [1.165, 1.54) is 58.3 Å². The summed E-state index contributed by atoms with van der Waals surface area (Å²) in [5.74, 6) is 0. The van der Waals surface area contributed by atoms with E-state index in [-0.39, 0.29) is 11.5 Å². The monoisotopic (exact) mass is 268 g/mol. The Hall–Kier alpha value is -0.120. The molecule has 3 nitrogen and oxygen atoms in total. The number of hydrogen-bond acceptors (Lipinski definition) is 3. The first kappa shape index (κ1) is 15.3. The van der Waals surface area contributed by atoms with Crippen molar-refractivity contribution in [1.29, 1.82) is 0 Å². The summed E-state index contributed by atoms with van der Waals surface area (Å²) in [4.78, 5) is 5.27. The lowest BCUT2D eigenvalue weighted by molar-refractivity contribution is 0.0168. The lowest BCUT2D eigenvalue weighted by Crippen LogP contribution is -2.49. The fourth-order valence-corrected chi connectivity index (χ4v) is 3.43. The number of aliphatic hydroxyl groups excluding tert-OH is 1. The minimum absolute atomic E-state index is 0.0119. The van der Waals surface area contributed by atoms with Gasteiger partial charge < -0.3 is 14.9 Å².